The highest BCUT2D eigenvalue weighted by Crippen LogP contribution is 2.50. The summed E-state index contributed by atoms with van der Waals surface area (Å²) in [6, 6.07) is 0. The van der Waals surface area contributed by atoms with E-state index in [2.05, 4.69) is 20.8 Å². The van der Waals surface area contributed by atoms with Crippen molar-refractivity contribution in [2.24, 2.45) is 5.92 Å². The Balaban J connectivity index is 1.59. The summed E-state index contributed by atoms with van der Waals surface area (Å²) in [5.41, 5.74) is 0.265. The van der Waals surface area contributed by atoms with Crippen LogP contribution in [0.25, 0.3) is 0 Å². The topological polar surface area (TPSA) is 25.1 Å². The summed E-state index contributed by atoms with van der Waals surface area (Å²) >= 11 is 0. The van der Waals surface area contributed by atoms with Crippen LogP contribution in [0.2, 0.25) is 0 Å². The molecule has 0 spiro atoms. The number of hydrogen-bond acceptors (Lipinski definition) is 2. The van der Waals surface area contributed by atoms with E-state index in [4.69, 9.17) is 9.47 Å². The molecule has 0 N–H and O–H groups in total. The minimum absolute atomic E-state index is 0.132. The van der Waals surface area contributed by atoms with E-state index in [1.807, 2.05) is 0 Å². The van der Waals surface area contributed by atoms with Crippen molar-refractivity contribution in [3.63, 3.8) is 0 Å². The fourth-order valence-corrected chi connectivity index (χ4v) is 3.19. The second-order valence-corrected chi connectivity index (χ2v) is 6.67. The minimum Gasteiger partial charge on any atom is -0.369 e. The van der Waals surface area contributed by atoms with Gasteiger partial charge in [0.25, 0.3) is 0 Å². The van der Waals surface area contributed by atoms with E-state index in [1.165, 1.54) is 51.4 Å². The van der Waals surface area contributed by atoms with Crippen molar-refractivity contribution in [1.29, 1.82) is 0 Å². The first-order valence-electron chi connectivity index (χ1n) is 7.89. The Hall–Kier alpha value is -0.0800. The van der Waals surface area contributed by atoms with E-state index >= 15 is 0 Å². The van der Waals surface area contributed by atoms with Crippen molar-refractivity contribution in [2.45, 2.75) is 83.3 Å². The van der Waals surface area contributed by atoms with Gasteiger partial charge >= 0.3 is 0 Å². The summed E-state index contributed by atoms with van der Waals surface area (Å²) in [6.45, 7) is 8.66. The SMILES string of the molecule is CCCCCCCCCC(C1(C)CO1)C1(C)CO1. The maximum atomic E-state index is 5.65. The van der Waals surface area contributed by atoms with Crippen LogP contribution in [0, 0.1) is 5.92 Å². The van der Waals surface area contributed by atoms with Crippen molar-refractivity contribution in [3.8, 4) is 0 Å². The van der Waals surface area contributed by atoms with Crippen LogP contribution in [0.15, 0.2) is 0 Å². The molecule has 106 valence electrons. The van der Waals surface area contributed by atoms with Crippen LogP contribution >= 0.6 is 0 Å². The molecule has 2 saturated heterocycles. The highest BCUT2D eigenvalue weighted by molar-refractivity contribution is 5.07. The van der Waals surface area contributed by atoms with Crippen LogP contribution < -0.4 is 0 Å². The molecule has 0 aliphatic carbocycles. The van der Waals surface area contributed by atoms with Crippen molar-refractivity contribution in [2.75, 3.05) is 13.2 Å². The molecule has 0 aromatic carbocycles. The third kappa shape index (κ3) is 3.71. The molecule has 2 atom stereocenters. The summed E-state index contributed by atoms with van der Waals surface area (Å²) < 4.78 is 11.3. The smallest absolute Gasteiger partial charge is 0.0944 e. The number of unbranched alkanes of at least 4 members (excludes halogenated alkanes) is 6. The summed E-state index contributed by atoms with van der Waals surface area (Å²) in [5, 5.41) is 0. The van der Waals surface area contributed by atoms with Gasteiger partial charge in [0.05, 0.1) is 24.4 Å². The maximum Gasteiger partial charge on any atom is 0.0944 e. The van der Waals surface area contributed by atoms with Crippen LogP contribution in [0.5, 0.6) is 0 Å². The first kappa shape index (κ1) is 14.3. The number of ether oxygens (including phenoxy) is 2. The quantitative estimate of drug-likeness (QED) is 0.428. The highest BCUT2D eigenvalue weighted by Gasteiger charge is 2.59. The summed E-state index contributed by atoms with van der Waals surface area (Å²) in [4.78, 5) is 0. The monoisotopic (exact) mass is 254 g/mol. The summed E-state index contributed by atoms with van der Waals surface area (Å²) in [6.07, 6.45) is 11.0. The average molecular weight is 254 g/mol. The van der Waals surface area contributed by atoms with Gasteiger partial charge < -0.3 is 9.47 Å². The van der Waals surface area contributed by atoms with Crippen molar-refractivity contribution < 1.29 is 9.47 Å². The zero-order valence-electron chi connectivity index (χ0n) is 12.5. The van der Waals surface area contributed by atoms with Gasteiger partial charge in [-0.3, -0.25) is 0 Å². The lowest BCUT2D eigenvalue weighted by Crippen LogP contribution is -2.33. The normalized spacial score (nSPS) is 35.5. The Morgan fingerprint density at radius 3 is 1.72 bits per heavy atom. The van der Waals surface area contributed by atoms with Crippen LogP contribution in [0.4, 0.5) is 0 Å². The average Bonchev–Trinajstić information content (AvgIpc) is 3.24. The van der Waals surface area contributed by atoms with E-state index in [0.717, 1.165) is 13.2 Å². The Morgan fingerprint density at radius 2 is 1.28 bits per heavy atom. The molecular weight excluding hydrogens is 224 g/mol. The van der Waals surface area contributed by atoms with Gasteiger partial charge in [-0.2, -0.15) is 0 Å². The molecule has 2 unspecified atom stereocenters. The van der Waals surface area contributed by atoms with Gasteiger partial charge in [0, 0.05) is 5.92 Å². The summed E-state index contributed by atoms with van der Waals surface area (Å²) in [5.74, 6) is 0.612. The van der Waals surface area contributed by atoms with Crippen molar-refractivity contribution in [3.05, 3.63) is 0 Å². The van der Waals surface area contributed by atoms with Crippen LogP contribution in [-0.4, -0.2) is 24.4 Å². The third-order valence-electron chi connectivity index (χ3n) is 4.77. The zero-order chi connectivity index (χ0) is 13.1. The van der Waals surface area contributed by atoms with E-state index in [0.29, 0.717) is 5.92 Å². The highest BCUT2D eigenvalue weighted by atomic mass is 16.6. The largest absolute Gasteiger partial charge is 0.369 e. The van der Waals surface area contributed by atoms with Gasteiger partial charge in [-0.25, -0.2) is 0 Å². The van der Waals surface area contributed by atoms with Crippen LogP contribution in [-0.2, 0) is 9.47 Å². The molecule has 2 fully saturated rings. The number of rotatable bonds is 10. The van der Waals surface area contributed by atoms with Gasteiger partial charge in [-0.05, 0) is 20.3 Å². The molecule has 0 bridgehead atoms. The number of hydrogen-bond donors (Lipinski definition) is 0. The predicted octanol–water partition coefficient (Wildman–Crippen LogP) is 4.32. The fourth-order valence-electron chi connectivity index (χ4n) is 3.19. The zero-order valence-corrected chi connectivity index (χ0v) is 12.5. The van der Waals surface area contributed by atoms with Gasteiger partial charge in [-0.15, -0.1) is 0 Å². The molecule has 0 saturated carbocycles. The lowest BCUT2D eigenvalue weighted by atomic mass is 9.80. The van der Waals surface area contributed by atoms with Gasteiger partial charge in [0.2, 0.25) is 0 Å². The Bertz CT molecular complexity index is 236. The Labute approximate surface area is 112 Å². The fraction of sp³-hybridized carbons (Fsp3) is 1.00. The van der Waals surface area contributed by atoms with E-state index < -0.39 is 0 Å². The molecule has 2 heterocycles. The lowest BCUT2D eigenvalue weighted by Gasteiger charge is -2.24. The lowest BCUT2D eigenvalue weighted by molar-refractivity contribution is 0.129. The van der Waals surface area contributed by atoms with Crippen LogP contribution in [0.1, 0.15) is 72.1 Å². The molecule has 2 rings (SSSR count). The molecular formula is C16H30O2. The van der Waals surface area contributed by atoms with E-state index in [1.54, 1.807) is 0 Å². The molecule has 0 radical (unpaired) electrons. The second kappa shape index (κ2) is 5.92. The van der Waals surface area contributed by atoms with E-state index in [9.17, 15) is 0 Å². The minimum atomic E-state index is 0.132. The first-order chi connectivity index (χ1) is 8.61. The van der Waals surface area contributed by atoms with E-state index in [-0.39, 0.29) is 11.2 Å². The predicted molar refractivity (Wildman–Crippen MR) is 74.8 cm³/mol. The van der Waals surface area contributed by atoms with Crippen LogP contribution in [0.3, 0.4) is 0 Å². The number of epoxide rings is 2. The van der Waals surface area contributed by atoms with Crippen molar-refractivity contribution >= 4 is 0 Å². The molecule has 0 aromatic heterocycles. The van der Waals surface area contributed by atoms with Gasteiger partial charge in [0.15, 0.2) is 0 Å². The van der Waals surface area contributed by atoms with Gasteiger partial charge in [0.1, 0.15) is 0 Å². The molecule has 0 amide bonds. The molecule has 2 heteroatoms. The Morgan fingerprint density at radius 1 is 0.833 bits per heavy atom. The maximum absolute atomic E-state index is 5.65. The molecule has 2 nitrogen and oxygen atoms in total. The Kier molecular flexibility index (Phi) is 4.71. The van der Waals surface area contributed by atoms with Crippen molar-refractivity contribution in [1.82, 2.24) is 0 Å². The molecule has 18 heavy (non-hydrogen) atoms. The summed E-state index contributed by atoms with van der Waals surface area (Å²) in [7, 11) is 0. The second-order valence-electron chi connectivity index (χ2n) is 6.67. The standard InChI is InChI=1S/C16H30O2/c1-4-5-6-7-8-9-10-11-14(15(2)12-17-15)16(3)13-18-16/h14H,4-13H2,1-3H3. The third-order valence-corrected chi connectivity index (χ3v) is 4.77. The molecule has 2 aliphatic rings. The van der Waals surface area contributed by atoms with Gasteiger partial charge in [-0.1, -0.05) is 51.9 Å². The first-order valence-corrected chi connectivity index (χ1v) is 7.89. The molecule has 0 aromatic rings. The molecule has 2 aliphatic heterocycles.